The average Bonchev–Trinajstić information content (AvgIpc) is 3.02. The molecule has 2 N–H and O–H groups in total. The van der Waals surface area contributed by atoms with E-state index in [4.69, 9.17) is 9.63 Å². The maximum atomic E-state index is 14.8. The van der Waals surface area contributed by atoms with Crippen LogP contribution in [0.15, 0.2) is 45.7 Å². The maximum absolute atomic E-state index is 14.8. The Kier molecular flexibility index (Phi) is 4.81. The second-order valence-corrected chi connectivity index (χ2v) is 7.13. The quantitative estimate of drug-likeness (QED) is 0.485. The van der Waals surface area contributed by atoms with Gasteiger partial charge in [-0.25, -0.2) is 13.6 Å². The van der Waals surface area contributed by atoms with Gasteiger partial charge in [0.2, 0.25) is 0 Å². The predicted molar refractivity (Wildman–Crippen MR) is 111 cm³/mol. The number of hydrogen-bond acceptors (Lipinski definition) is 4. The number of pyridine rings is 1. The minimum absolute atomic E-state index is 0.108. The van der Waals surface area contributed by atoms with Gasteiger partial charge in [-0.15, -0.1) is 0 Å². The van der Waals surface area contributed by atoms with E-state index in [0.29, 0.717) is 39.7 Å². The molecule has 2 aromatic carbocycles. The number of rotatable bonds is 3. The summed E-state index contributed by atoms with van der Waals surface area (Å²) in [5, 5.41) is 15.1. The Hall–Kier alpha value is -4.01. The molecule has 0 saturated heterocycles. The van der Waals surface area contributed by atoms with E-state index in [9.17, 15) is 18.4 Å². The molecule has 158 valence electrons. The Balaban J connectivity index is 2.06. The zero-order chi connectivity index (χ0) is 22.4. The van der Waals surface area contributed by atoms with Gasteiger partial charge in [0.05, 0.1) is 22.6 Å². The number of nitrogens with zero attached hydrogens (tertiary/aromatic N) is 2. The molecule has 0 saturated carbocycles. The van der Waals surface area contributed by atoms with Gasteiger partial charge >= 0.3 is 6.09 Å². The number of fused-ring (bicyclic) bond motifs is 1. The van der Waals surface area contributed by atoms with Crippen molar-refractivity contribution in [3.8, 4) is 16.8 Å². The van der Waals surface area contributed by atoms with Gasteiger partial charge < -0.3 is 14.2 Å². The van der Waals surface area contributed by atoms with Gasteiger partial charge in [-0.2, -0.15) is 0 Å². The Labute approximate surface area is 174 Å². The maximum Gasteiger partial charge on any atom is 0.409 e. The summed E-state index contributed by atoms with van der Waals surface area (Å²) in [6.45, 7) is 5.14. The highest BCUT2D eigenvalue weighted by Crippen LogP contribution is 2.31. The van der Waals surface area contributed by atoms with Crippen molar-refractivity contribution >= 4 is 22.7 Å². The van der Waals surface area contributed by atoms with Crippen molar-refractivity contribution in [2.45, 2.75) is 20.8 Å². The van der Waals surface area contributed by atoms with Gasteiger partial charge in [-0.05, 0) is 44.5 Å². The highest BCUT2D eigenvalue weighted by molar-refractivity contribution is 5.88. The van der Waals surface area contributed by atoms with E-state index in [-0.39, 0.29) is 11.1 Å². The van der Waals surface area contributed by atoms with Gasteiger partial charge in [-0.1, -0.05) is 11.2 Å². The summed E-state index contributed by atoms with van der Waals surface area (Å²) in [4.78, 5) is 23.6. The van der Waals surface area contributed by atoms with Gasteiger partial charge in [0.25, 0.3) is 0 Å². The summed E-state index contributed by atoms with van der Waals surface area (Å²) in [5.74, 6) is -1.38. The van der Waals surface area contributed by atoms with Crippen LogP contribution in [0, 0.1) is 32.4 Å². The normalized spacial score (nSPS) is 11.1. The minimum atomic E-state index is -1.49. The molecule has 4 rings (SSSR count). The zero-order valence-electron chi connectivity index (χ0n) is 16.8. The van der Waals surface area contributed by atoms with Crippen LogP contribution in [0.3, 0.4) is 0 Å². The van der Waals surface area contributed by atoms with E-state index in [1.165, 1.54) is 10.6 Å². The molecule has 1 amide bonds. The molecule has 0 spiro atoms. The highest BCUT2D eigenvalue weighted by atomic mass is 19.1. The lowest BCUT2D eigenvalue weighted by atomic mass is 10.0. The smallest absolute Gasteiger partial charge is 0.409 e. The second-order valence-electron chi connectivity index (χ2n) is 7.13. The van der Waals surface area contributed by atoms with E-state index in [1.807, 2.05) is 5.32 Å². The number of carbonyl (C=O) groups is 1. The summed E-state index contributed by atoms with van der Waals surface area (Å²) >= 11 is 0. The van der Waals surface area contributed by atoms with Crippen LogP contribution in [0.1, 0.15) is 17.1 Å². The highest BCUT2D eigenvalue weighted by Gasteiger charge is 2.18. The average molecular weight is 425 g/mol. The van der Waals surface area contributed by atoms with Crippen LogP contribution in [0.5, 0.6) is 0 Å². The largest absolute Gasteiger partial charge is 0.465 e. The molecule has 0 unspecified atom stereocenters. The van der Waals surface area contributed by atoms with E-state index < -0.39 is 23.4 Å². The third kappa shape index (κ3) is 3.43. The molecular formula is C22H17F2N3O4. The third-order valence-electron chi connectivity index (χ3n) is 5.04. The first kappa shape index (κ1) is 20.3. The number of halogens is 2. The molecule has 9 heteroatoms. The van der Waals surface area contributed by atoms with Crippen LogP contribution in [0.25, 0.3) is 27.7 Å². The molecule has 2 aromatic heterocycles. The lowest BCUT2D eigenvalue weighted by Crippen LogP contribution is -2.14. The summed E-state index contributed by atoms with van der Waals surface area (Å²) < 4.78 is 35.6. The number of benzene rings is 2. The zero-order valence-corrected chi connectivity index (χ0v) is 16.8. The molecule has 0 atom stereocenters. The van der Waals surface area contributed by atoms with Crippen molar-refractivity contribution in [3.05, 3.63) is 75.4 Å². The fourth-order valence-electron chi connectivity index (χ4n) is 3.74. The predicted octanol–water partition coefficient (Wildman–Crippen LogP) is 4.94. The number of amides is 1. The van der Waals surface area contributed by atoms with Crippen LogP contribution in [-0.4, -0.2) is 20.9 Å². The molecule has 31 heavy (non-hydrogen) atoms. The van der Waals surface area contributed by atoms with Crippen molar-refractivity contribution in [1.29, 1.82) is 0 Å². The number of anilines is 1. The van der Waals surface area contributed by atoms with Gasteiger partial charge in [0.1, 0.15) is 17.4 Å². The van der Waals surface area contributed by atoms with Crippen LogP contribution < -0.4 is 10.7 Å². The first-order valence-corrected chi connectivity index (χ1v) is 9.26. The topological polar surface area (TPSA) is 97.4 Å². The number of aryl methyl sites for hydroxylation is 3. The molecular weight excluding hydrogens is 408 g/mol. The third-order valence-corrected chi connectivity index (χ3v) is 5.04. The molecule has 4 aromatic rings. The molecule has 0 aliphatic carbocycles. The SMILES string of the molecule is Cc1noc(C)c1-c1ccc2c(=O)cc(C)n(-c3cc(NC(=O)O)c(F)cc3F)c2c1. The number of nitrogens with one attached hydrogen (secondary N) is 1. The Morgan fingerprint density at radius 3 is 2.48 bits per heavy atom. The van der Waals surface area contributed by atoms with Crippen molar-refractivity contribution in [3.63, 3.8) is 0 Å². The van der Waals surface area contributed by atoms with Gasteiger partial charge in [0, 0.05) is 28.8 Å². The van der Waals surface area contributed by atoms with E-state index in [0.717, 1.165) is 11.6 Å². The molecule has 0 bridgehead atoms. The number of aromatic nitrogens is 2. The fourth-order valence-corrected chi connectivity index (χ4v) is 3.74. The minimum Gasteiger partial charge on any atom is -0.465 e. The van der Waals surface area contributed by atoms with Crippen molar-refractivity contribution < 1.29 is 23.2 Å². The Morgan fingerprint density at radius 1 is 1.10 bits per heavy atom. The molecule has 7 nitrogen and oxygen atoms in total. The first-order valence-electron chi connectivity index (χ1n) is 9.26. The van der Waals surface area contributed by atoms with Crippen molar-refractivity contribution in [1.82, 2.24) is 9.72 Å². The van der Waals surface area contributed by atoms with Crippen LogP contribution in [0.4, 0.5) is 19.3 Å². The molecule has 0 aliphatic rings. The molecule has 0 aliphatic heterocycles. The molecule has 2 heterocycles. The molecule has 0 radical (unpaired) electrons. The monoisotopic (exact) mass is 425 g/mol. The lowest BCUT2D eigenvalue weighted by molar-refractivity contribution is 0.209. The standard InChI is InChI=1S/C22H17F2N3O4/c1-10-6-20(28)14-5-4-13(21-11(2)26-31-12(21)3)7-18(14)27(10)19-9-17(25-22(29)30)15(23)8-16(19)24/h4-9,25H,1-3H3,(H,29,30). The van der Waals surface area contributed by atoms with E-state index in [2.05, 4.69) is 5.16 Å². The van der Waals surface area contributed by atoms with Gasteiger partial charge in [-0.3, -0.25) is 10.1 Å². The van der Waals surface area contributed by atoms with Crippen LogP contribution in [0.2, 0.25) is 0 Å². The van der Waals surface area contributed by atoms with Crippen molar-refractivity contribution in [2.24, 2.45) is 0 Å². The van der Waals surface area contributed by atoms with Crippen molar-refractivity contribution in [2.75, 3.05) is 5.32 Å². The lowest BCUT2D eigenvalue weighted by Gasteiger charge is -2.17. The van der Waals surface area contributed by atoms with Crippen LogP contribution in [-0.2, 0) is 0 Å². The summed E-state index contributed by atoms with van der Waals surface area (Å²) in [6, 6.07) is 8.05. The number of hydrogen-bond donors (Lipinski definition) is 2. The summed E-state index contributed by atoms with van der Waals surface area (Å²) in [7, 11) is 0. The Bertz CT molecular complexity index is 1400. The van der Waals surface area contributed by atoms with Crippen LogP contribution >= 0.6 is 0 Å². The van der Waals surface area contributed by atoms with E-state index in [1.54, 1.807) is 39.0 Å². The molecule has 0 fully saturated rings. The first-order chi connectivity index (χ1) is 14.7. The second kappa shape index (κ2) is 7.35. The number of carboxylic acid groups (broad SMARTS) is 1. The van der Waals surface area contributed by atoms with E-state index >= 15 is 0 Å². The summed E-state index contributed by atoms with van der Waals surface area (Å²) in [6.07, 6.45) is -1.49. The summed E-state index contributed by atoms with van der Waals surface area (Å²) in [5.41, 5.74) is 2.08. The Morgan fingerprint density at radius 2 is 1.84 bits per heavy atom. The van der Waals surface area contributed by atoms with Gasteiger partial charge in [0.15, 0.2) is 5.43 Å². The fraction of sp³-hybridized carbons (Fsp3) is 0.136.